The lowest BCUT2D eigenvalue weighted by Crippen LogP contribution is -1.99. The summed E-state index contributed by atoms with van der Waals surface area (Å²) >= 11 is 4.79. The molecular weight excluding hydrogens is 152 g/mol. The van der Waals surface area contributed by atoms with E-state index in [9.17, 15) is 0 Å². The monoisotopic (exact) mass is 158 g/mol. The minimum Gasteiger partial charge on any atom is -0.374 e. The molecule has 1 N–H and O–H groups in total. The van der Waals surface area contributed by atoms with Gasteiger partial charge in [0.05, 0.1) is 0 Å². The van der Waals surface area contributed by atoms with Crippen molar-refractivity contribution in [2.24, 2.45) is 5.10 Å². The first-order valence-electron chi connectivity index (χ1n) is 2.52. The molecule has 0 aromatic carbocycles. The molecule has 0 saturated heterocycles. The maximum atomic E-state index is 8.59. The van der Waals surface area contributed by atoms with E-state index in [1.165, 1.54) is 15.7 Å². The quantitative estimate of drug-likeness (QED) is 0.480. The van der Waals surface area contributed by atoms with E-state index in [1.54, 1.807) is 0 Å². The van der Waals surface area contributed by atoms with E-state index < -0.39 is 0 Å². The lowest BCUT2D eigenvalue weighted by Gasteiger charge is -1.89. The lowest BCUT2D eigenvalue weighted by atomic mass is 11.1. The molecule has 0 radical (unpaired) electrons. The zero-order valence-electron chi connectivity index (χ0n) is 5.14. The molecule has 1 rings (SSSR count). The van der Waals surface area contributed by atoms with Crippen molar-refractivity contribution in [1.29, 1.82) is 0 Å². The third kappa shape index (κ3) is 0.981. The first-order valence-corrected chi connectivity index (χ1v) is 2.92. The Bertz CT molecular complexity index is 288. The highest BCUT2D eigenvalue weighted by molar-refractivity contribution is 7.71. The van der Waals surface area contributed by atoms with E-state index in [2.05, 4.69) is 16.9 Å². The maximum absolute atomic E-state index is 8.59. The largest absolute Gasteiger partial charge is 0.374 e. The Labute approximate surface area is 62.2 Å². The molecule has 10 heavy (non-hydrogen) atoms. The van der Waals surface area contributed by atoms with Gasteiger partial charge < -0.3 is 5.11 Å². The van der Waals surface area contributed by atoms with E-state index in [-0.39, 0.29) is 6.73 Å². The molecule has 54 valence electrons. The maximum Gasteiger partial charge on any atom is 0.221 e. The predicted molar refractivity (Wildman–Crippen MR) is 38.2 cm³/mol. The van der Waals surface area contributed by atoms with Crippen LogP contribution in [0, 0.1) is 4.77 Å². The van der Waals surface area contributed by atoms with Gasteiger partial charge in [-0.3, -0.25) is 0 Å². The molecule has 0 unspecified atom stereocenters. The smallest absolute Gasteiger partial charge is 0.221 e. The molecule has 0 atom stereocenters. The summed E-state index contributed by atoms with van der Waals surface area (Å²) in [6, 6.07) is 0. The van der Waals surface area contributed by atoms with Gasteiger partial charge in [-0.05, 0) is 12.2 Å². The summed E-state index contributed by atoms with van der Waals surface area (Å²) in [6.07, 6.45) is 1.38. The van der Waals surface area contributed by atoms with Gasteiger partial charge in [-0.15, -0.1) is 0 Å². The SMILES string of the molecule is C=Nn1cnn(CO)c1=S. The van der Waals surface area contributed by atoms with Crippen LogP contribution in [0.4, 0.5) is 0 Å². The fourth-order valence-corrected chi connectivity index (χ4v) is 0.732. The lowest BCUT2D eigenvalue weighted by molar-refractivity contribution is 0.192. The zero-order chi connectivity index (χ0) is 7.56. The second kappa shape index (κ2) is 2.72. The Morgan fingerprint density at radius 2 is 2.60 bits per heavy atom. The van der Waals surface area contributed by atoms with Gasteiger partial charge in [0.2, 0.25) is 4.77 Å². The van der Waals surface area contributed by atoms with Crippen LogP contribution in [0.15, 0.2) is 11.4 Å². The second-order valence-electron chi connectivity index (χ2n) is 1.54. The fourth-order valence-electron chi connectivity index (χ4n) is 0.522. The van der Waals surface area contributed by atoms with Crippen molar-refractivity contribution in [2.45, 2.75) is 6.73 Å². The van der Waals surface area contributed by atoms with Gasteiger partial charge in [0.25, 0.3) is 0 Å². The van der Waals surface area contributed by atoms with Crippen molar-refractivity contribution < 1.29 is 5.11 Å². The van der Waals surface area contributed by atoms with Crippen LogP contribution in [-0.4, -0.2) is 26.3 Å². The number of aliphatic hydroxyl groups excluding tert-OH is 1. The van der Waals surface area contributed by atoms with E-state index in [4.69, 9.17) is 17.3 Å². The Morgan fingerprint density at radius 1 is 1.90 bits per heavy atom. The minimum atomic E-state index is -0.235. The molecule has 1 aromatic heterocycles. The Morgan fingerprint density at radius 3 is 2.90 bits per heavy atom. The molecule has 1 heterocycles. The summed E-state index contributed by atoms with van der Waals surface area (Å²) in [5, 5.41) is 15.8. The van der Waals surface area contributed by atoms with Gasteiger partial charge in [-0.2, -0.15) is 14.9 Å². The summed E-state index contributed by atoms with van der Waals surface area (Å²) in [7, 11) is 0. The van der Waals surface area contributed by atoms with E-state index in [0.29, 0.717) is 4.77 Å². The summed E-state index contributed by atoms with van der Waals surface area (Å²) in [5.74, 6) is 0. The van der Waals surface area contributed by atoms with Crippen molar-refractivity contribution in [1.82, 2.24) is 14.5 Å². The fraction of sp³-hybridized carbons (Fsp3) is 0.250. The van der Waals surface area contributed by atoms with Crippen LogP contribution >= 0.6 is 12.2 Å². The topological polar surface area (TPSA) is 55.3 Å². The predicted octanol–water partition coefficient (Wildman–Crippen LogP) is -0.172. The number of aromatic nitrogens is 3. The highest BCUT2D eigenvalue weighted by Crippen LogP contribution is 1.90. The van der Waals surface area contributed by atoms with Gasteiger partial charge in [0, 0.05) is 6.72 Å². The van der Waals surface area contributed by atoms with Crippen LogP contribution in [0.25, 0.3) is 0 Å². The number of nitrogens with zero attached hydrogens (tertiary/aromatic N) is 4. The summed E-state index contributed by atoms with van der Waals surface area (Å²) in [6.45, 7) is 3.02. The molecular formula is C4H6N4OS. The molecule has 0 fully saturated rings. The molecule has 0 amide bonds. The summed E-state index contributed by atoms with van der Waals surface area (Å²) in [5.41, 5.74) is 0. The Balaban J connectivity index is 3.21. The third-order valence-electron chi connectivity index (χ3n) is 1.00. The molecule has 0 aliphatic rings. The van der Waals surface area contributed by atoms with Gasteiger partial charge in [0.15, 0.2) is 0 Å². The summed E-state index contributed by atoms with van der Waals surface area (Å²) in [4.78, 5) is 0. The zero-order valence-corrected chi connectivity index (χ0v) is 5.95. The Kier molecular flexibility index (Phi) is 1.93. The van der Waals surface area contributed by atoms with Crippen molar-refractivity contribution in [3.05, 3.63) is 11.1 Å². The van der Waals surface area contributed by atoms with Crippen molar-refractivity contribution in [2.75, 3.05) is 0 Å². The van der Waals surface area contributed by atoms with Crippen molar-refractivity contribution >= 4 is 18.9 Å². The number of hydrogen-bond donors (Lipinski definition) is 1. The normalized spacial score (nSPS) is 9.70. The first kappa shape index (κ1) is 7.10. The number of aliphatic hydroxyl groups is 1. The summed E-state index contributed by atoms with van der Waals surface area (Å²) < 4.78 is 2.85. The highest BCUT2D eigenvalue weighted by Gasteiger charge is 1.94. The average molecular weight is 158 g/mol. The first-order chi connectivity index (χ1) is 4.79. The molecule has 0 aliphatic heterocycles. The van der Waals surface area contributed by atoms with Crippen LogP contribution in [0.5, 0.6) is 0 Å². The molecule has 0 saturated carbocycles. The second-order valence-corrected chi connectivity index (χ2v) is 1.91. The molecule has 0 aliphatic carbocycles. The van der Waals surface area contributed by atoms with E-state index >= 15 is 0 Å². The van der Waals surface area contributed by atoms with Crippen LogP contribution in [0.1, 0.15) is 0 Å². The molecule has 6 heteroatoms. The minimum absolute atomic E-state index is 0.235. The van der Waals surface area contributed by atoms with Gasteiger partial charge in [0.1, 0.15) is 13.1 Å². The molecule has 0 bridgehead atoms. The standard InChI is InChI=1S/C4H6N4OS/c1-5-7-2-6-8(3-9)4(7)10/h2,9H,1,3H2. The van der Waals surface area contributed by atoms with E-state index in [0.717, 1.165) is 0 Å². The Hall–Kier alpha value is -1.01. The average Bonchev–Trinajstić information content (AvgIpc) is 2.30. The van der Waals surface area contributed by atoms with Crippen LogP contribution in [-0.2, 0) is 6.73 Å². The van der Waals surface area contributed by atoms with E-state index in [1.807, 2.05) is 0 Å². The van der Waals surface area contributed by atoms with Crippen LogP contribution < -0.4 is 0 Å². The van der Waals surface area contributed by atoms with Gasteiger partial charge in [-0.1, -0.05) is 0 Å². The highest BCUT2D eigenvalue weighted by atomic mass is 32.1. The van der Waals surface area contributed by atoms with Gasteiger partial charge >= 0.3 is 0 Å². The molecule has 1 aromatic rings. The molecule has 5 nitrogen and oxygen atoms in total. The van der Waals surface area contributed by atoms with Crippen LogP contribution in [0.2, 0.25) is 0 Å². The van der Waals surface area contributed by atoms with Crippen LogP contribution in [0.3, 0.4) is 0 Å². The van der Waals surface area contributed by atoms with Crippen molar-refractivity contribution in [3.63, 3.8) is 0 Å². The third-order valence-corrected chi connectivity index (χ3v) is 1.40. The number of rotatable bonds is 2. The van der Waals surface area contributed by atoms with Gasteiger partial charge in [-0.25, -0.2) is 4.68 Å². The molecule has 0 spiro atoms. The van der Waals surface area contributed by atoms with Crippen molar-refractivity contribution in [3.8, 4) is 0 Å². The number of hydrogen-bond acceptors (Lipinski definition) is 4.